The fraction of sp³-hybridized carbons (Fsp3) is 0.222. The SMILES string of the molecule is COc1cc([SH]2NN(c3ccc(O)c(F)c3)C(C)(C)C2=O)ccc1C#N. The van der Waals surface area contributed by atoms with Crippen LogP contribution in [-0.2, 0) is 4.79 Å². The summed E-state index contributed by atoms with van der Waals surface area (Å²) < 4.78 is 19.0. The van der Waals surface area contributed by atoms with E-state index in [4.69, 9.17) is 10.00 Å². The summed E-state index contributed by atoms with van der Waals surface area (Å²) >= 11 is -1.45. The Morgan fingerprint density at radius 2 is 2.04 bits per heavy atom. The van der Waals surface area contributed by atoms with Crippen molar-refractivity contribution in [1.82, 2.24) is 4.83 Å². The van der Waals surface area contributed by atoms with E-state index in [1.165, 1.54) is 19.2 Å². The van der Waals surface area contributed by atoms with Gasteiger partial charge in [-0.3, -0.25) is 9.80 Å². The van der Waals surface area contributed by atoms with Crippen LogP contribution in [0.3, 0.4) is 0 Å². The van der Waals surface area contributed by atoms with Crippen LogP contribution in [-0.4, -0.2) is 22.9 Å². The number of aromatic hydroxyl groups is 1. The van der Waals surface area contributed by atoms with Crippen molar-refractivity contribution < 1.29 is 19.0 Å². The number of carbonyl (C=O) groups excluding carboxylic acids is 1. The molecule has 0 spiro atoms. The lowest BCUT2D eigenvalue weighted by atomic mass is 10.1. The molecule has 26 heavy (non-hydrogen) atoms. The molecule has 1 fully saturated rings. The molecule has 1 saturated heterocycles. The molecule has 1 aliphatic heterocycles. The number of rotatable bonds is 3. The van der Waals surface area contributed by atoms with Crippen LogP contribution in [0.5, 0.6) is 11.5 Å². The van der Waals surface area contributed by atoms with Crippen LogP contribution in [0.15, 0.2) is 41.3 Å². The minimum atomic E-state index is -1.45. The molecule has 1 aliphatic rings. The maximum Gasteiger partial charge on any atom is 0.213 e. The van der Waals surface area contributed by atoms with Gasteiger partial charge in [-0.2, -0.15) is 10.1 Å². The standard InChI is InChI=1S/C18H18FN3O3S/c1-18(2)17(24)26(13-6-4-11(10-20)16(9-13)25-3)21-22(18)12-5-7-15(23)14(19)8-12/h4-9,21,23,26H,1-3H3. The van der Waals surface area contributed by atoms with Crippen molar-refractivity contribution in [2.24, 2.45) is 0 Å². The van der Waals surface area contributed by atoms with Crippen LogP contribution in [0.2, 0.25) is 0 Å². The second kappa shape index (κ2) is 6.52. The number of anilines is 1. The molecule has 136 valence electrons. The van der Waals surface area contributed by atoms with Crippen molar-refractivity contribution in [3.05, 3.63) is 47.8 Å². The number of methoxy groups -OCH3 is 1. The monoisotopic (exact) mass is 375 g/mol. The Kier molecular flexibility index (Phi) is 4.52. The third-order valence-electron chi connectivity index (χ3n) is 4.24. The number of nitrogens with one attached hydrogen (secondary N) is 1. The van der Waals surface area contributed by atoms with Crippen molar-refractivity contribution in [2.45, 2.75) is 24.3 Å². The molecule has 3 rings (SSSR count). The topological polar surface area (TPSA) is 85.6 Å². The summed E-state index contributed by atoms with van der Waals surface area (Å²) in [5, 5.41) is 20.1. The van der Waals surface area contributed by atoms with Crippen LogP contribution in [0.1, 0.15) is 19.4 Å². The van der Waals surface area contributed by atoms with Gasteiger partial charge in [-0.25, -0.2) is 4.39 Å². The second-order valence-corrected chi connectivity index (χ2v) is 8.06. The number of nitriles is 1. The number of hydrogen-bond donors (Lipinski definition) is 3. The van der Waals surface area contributed by atoms with E-state index in [1.807, 2.05) is 6.07 Å². The second-order valence-electron chi connectivity index (χ2n) is 6.27. The predicted octanol–water partition coefficient (Wildman–Crippen LogP) is 3.02. The highest BCUT2D eigenvalue weighted by molar-refractivity contribution is 8.28. The number of benzene rings is 2. The van der Waals surface area contributed by atoms with Gasteiger partial charge in [-0.05, 0) is 44.2 Å². The smallest absolute Gasteiger partial charge is 0.213 e. The van der Waals surface area contributed by atoms with E-state index in [0.29, 0.717) is 21.9 Å². The predicted molar refractivity (Wildman–Crippen MR) is 97.7 cm³/mol. The summed E-state index contributed by atoms with van der Waals surface area (Å²) in [6.45, 7) is 3.49. The zero-order chi connectivity index (χ0) is 19.1. The Balaban J connectivity index is 2.00. The van der Waals surface area contributed by atoms with E-state index in [0.717, 1.165) is 0 Å². The van der Waals surface area contributed by atoms with Gasteiger partial charge < -0.3 is 9.84 Å². The molecule has 2 aromatic rings. The summed E-state index contributed by atoms with van der Waals surface area (Å²) in [6.07, 6.45) is 0. The van der Waals surface area contributed by atoms with Gasteiger partial charge in [0.15, 0.2) is 11.6 Å². The molecule has 0 aromatic heterocycles. The maximum absolute atomic E-state index is 13.8. The van der Waals surface area contributed by atoms with Crippen molar-refractivity contribution >= 4 is 21.9 Å². The third kappa shape index (κ3) is 2.85. The Labute approximate surface area is 153 Å². The molecule has 2 N–H and O–H groups in total. The highest BCUT2D eigenvalue weighted by Crippen LogP contribution is 2.47. The first-order chi connectivity index (χ1) is 12.3. The largest absolute Gasteiger partial charge is 0.505 e. The van der Waals surface area contributed by atoms with Crippen molar-refractivity contribution in [2.75, 3.05) is 12.1 Å². The van der Waals surface area contributed by atoms with Gasteiger partial charge in [0, 0.05) is 11.0 Å². The van der Waals surface area contributed by atoms with Gasteiger partial charge in [0.2, 0.25) is 5.12 Å². The first-order valence-corrected chi connectivity index (χ1v) is 9.11. The van der Waals surface area contributed by atoms with E-state index in [2.05, 4.69) is 4.83 Å². The van der Waals surface area contributed by atoms with Gasteiger partial charge in [0.25, 0.3) is 0 Å². The van der Waals surface area contributed by atoms with Gasteiger partial charge in [0.05, 0.1) is 18.4 Å². The average molecular weight is 375 g/mol. The van der Waals surface area contributed by atoms with Gasteiger partial charge in [0.1, 0.15) is 17.4 Å². The van der Waals surface area contributed by atoms with Crippen LogP contribution in [0.25, 0.3) is 0 Å². The first kappa shape index (κ1) is 18.0. The number of carbonyl (C=O) groups is 1. The quantitative estimate of drug-likeness (QED) is 0.715. The van der Waals surface area contributed by atoms with Crippen molar-refractivity contribution in [3.63, 3.8) is 0 Å². The Hall–Kier alpha value is -2.76. The molecule has 0 bridgehead atoms. The Morgan fingerprint density at radius 3 is 2.65 bits per heavy atom. The van der Waals surface area contributed by atoms with Crippen molar-refractivity contribution in [3.8, 4) is 17.6 Å². The summed E-state index contributed by atoms with van der Waals surface area (Å²) in [7, 11) is 1.46. The number of phenolic OH excluding ortho intramolecular Hbond substituents is 1. The van der Waals surface area contributed by atoms with Crippen LogP contribution >= 0.6 is 11.1 Å². The molecule has 2 aromatic carbocycles. The van der Waals surface area contributed by atoms with Crippen molar-refractivity contribution in [1.29, 1.82) is 5.26 Å². The molecule has 6 nitrogen and oxygen atoms in total. The summed E-state index contributed by atoms with van der Waals surface area (Å²) in [4.78, 5) is 16.9. The number of phenols is 1. The number of halogens is 1. The Bertz CT molecular complexity index is 926. The van der Waals surface area contributed by atoms with Gasteiger partial charge >= 0.3 is 0 Å². The number of hydrazine groups is 1. The lowest BCUT2D eigenvalue weighted by molar-refractivity contribution is -0.114. The molecule has 8 heteroatoms. The fourth-order valence-electron chi connectivity index (χ4n) is 2.74. The van der Waals surface area contributed by atoms with Gasteiger partial charge in [-0.15, -0.1) is 0 Å². The van der Waals surface area contributed by atoms with Gasteiger partial charge in [-0.1, -0.05) is 11.1 Å². The summed E-state index contributed by atoms with van der Waals surface area (Å²) in [5.74, 6) is -0.811. The maximum atomic E-state index is 13.8. The lowest BCUT2D eigenvalue weighted by Gasteiger charge is -2.30. The minimum absolute atomic E-state index is 0.0484. The molecule has 0 radical (unpaired) electrons. The molecule has 1 heterocycles. The van der Waals surface area contributed by atoms with E-state index in [9.17, 15) is 14.3 Å². The first-order valence-electron chi connectivity index (χ1n) is 7.77. The normalized spacial score (nSPS) is 20.0. The molecule has 1 unspecified atom stereocenters. The number of thiol groups is 1. The third-order valence-corrected chi connectivity index (χ3v) is 6.39. The van der Waals surface area contributed by atoms with E-state index >= 15 is 0 Å². The fourth-order valence-corrected chi connectivity index (χ4v) is 4.86. The van der Waals surface area contributed by atoms with E-state index < -0.39 is 28.2 Å². The molecule has 1 atom stereocenters. The summed E-state index contributed by atoms with van der Waals surface area (Å²) in [5.41, 5.74) is -0.102. The van der Waals surface area contributed by atoms with E-state index in [1.54, 1.807) is 43.1 Å². The number of hydrogen-bond acceptors (Lipinski definition) is 6. The summed E-state index contributed by atoms with van der Waals surface area (Å²) in [6, 6.07) is 11.0. The minimum Gasteiger partial charge on any atom is -0.505 e. The van der Waals surface area contributed by atoms with E-state index in [-0.39, 0.29) is 5.12 Å². The molecular weight excluding hydrogens is 357 g/mol. The molecule has 0 aliphatic carbocycles. The van der Waals surface area contributed by atoms with Crippen LogP contribution < -0.4 is 14.6 Å². The zero-order valence-electron chi connectivity index (χ0n) is 14.4. The van der Waals surface area contributed by atoms with Crippen LogP contribution in [0.4, 0.5) is 10.1 Å². The zero-order valence-corrected chi connectivity index (χ0v) is 15.3. The lowest BCUT2D eigenvalue weighted by Crippen LogP contribution is -2.46. The highest BCUT2D eigenvalue weighted by Gasteiger charge is 2.46. The average Bonchev–Trinajstić information content (AvgIpc) is 2.87. The molecular formula is C18H18FN3O3S. The molecule has 0 amide bonds. The highest BCUT2D eigenvalue weighted by atomic mass is 32.2. The van der Waals surface area contributed by atoms with Crippen LogP contribution in [0, 0.1) is 17.1 Å². The Morgan fingerprint density at radius 1 is 1.31 bits per heavy atom. The number of nitrogens with zero attached hydrogens (tertiary/aromatic N) is 2. The number of ether oxygens (including phenoxy) is 1. The molecule has 0 saturated carbocycles.